The number of aliphatic carboxylic acids is 1. The summed E-state index contributed by atoms with van der Waals surface area (Å²) in [5, 5.41) is 9.22. The van der Waals surface area contributed by atoms with Crippen molar-refractivity contribution in [2.45, 2.75) is 31.8 Å². The number of rotatable bonds is 5. The van der Waals surface area contributed by atoms with Crippen molar-refractivity contribution in [3.8, 4) is 0 Å². The molecule has 1 fully saturated rings. The Labute approximate surface area is 125 Å². The number of likely N-dealkylation sites (tertiary alicyclic amines) is 1. The molecule has 0 aromatic heterocycles. The van der Waals surface area contributed by atoms with Gasteiger partial charge in [-0.05, 0) is 31.9 Å². The Morgan fingerprint density at radius 1 is 1.29 bits per heavy atom. The zero-order valence-electron chi connectivity index (χ0n) is 12.4. The van der Waals surface area contributed by atoms with Crippen LogP contribution in [0.25, 0.3) is 0 Å². The van der Waals surface area contributed by atoms with E-state index in [1.54, 1.807) is 0 Å². The van der Waals surface area contributed by atoms with Crippen molar-refractivity contribution in [3.05, 3.63) is 35.9 Å². The lowest BCUT2D eigenvalue weighted by atomic mass is 10.0. The van der Waals surface area contributed by atoms with Crippen LogP contribution in [0.2, 0.25) is 0 Å². The number of carboxylic acid groups (broad SMARTS) is 1. The number of hydrogen-bond donors (Lipinski definition) is 1. The number of carboxylic acids is 1. The van der Waals surface area contributed by atoms with Crippen molar-refractivity contribution in [2.75, 3.05) is 20.1 Å². The Hall–Kier alpha value is -1.88. The smallest absolute Gasteiger partial charge is 0.326 e. The molecule has 1 amide bonds. The second kappa shape index (κ2) is 7.22. The molecule has 21 heavy (non-hydrogen) atoms. The number of amides is 1. The maximum absolute atomic E-state index is 12.3. The maximum atomic E-state index is 12.3. The van der Waals surface area contributed by atoms with Gasteiger partial charge in [0.1, 0.15) is 6.04 Å². The van der Waals surface area contributed by atoms with Crippen LogP contribution in [0.3, 0.4) is 0 Å². The van der Waals surface area contributed by atoms with E-state index >= 15 is 0 Å². The summed E-state index contributed by atoms with van der Waals surface area (Å²) in [5.74, 6) is -0.991. The summed E-state index contributed by atoms with van der Waals surface area (Å²) in [6, 6.07) is 9.27. The lowest BCUT2D eigenvalue weighted by Crippen LogP contribution is -2.50. The number of likely N-dealkylation sites (N-methyl/N-ethyl adjacent to an activating group) is 1. The number of benzene rings is 1. The predicted octanol–water partition coefficient (Wildman–Crippen LogP) is 1.58. The van der Waals surface area contributed by atoms with Crippen LogP contribution in [0.15, 0.2) is 30.3 Å². The second-order valence-corrected chi connectivity index (χ2v) is 5.59. The fourth-order valence-corrected chi connectivity index (χ4v) is 2.76. The van der Waals surface area contributed by atoms with E-state index in [1.807, 2.05) is 42.3 Å². The summed E-state index contributed by atoms with van der Waals surface area (Å²) in [6.07, 6.45) is 2.32. The van der Waals surface area contributed by atoms with Gasteiger partial charge in [-0.25, -0.2) is 4.79 Å². The Morgan fingerprint density at radius 3 is 2.67 bits per heavy atom. The molecule has 1 N–H and O–H groups in total. The number of carbonyl (C=O) groups excluding carboxylic acids is 1. The SMILES string of the molecule is CN(CC(=O)N1CCCCC1C(=O)O)Cc1ccccc1. The molecule has 1 atom stereocenters. The zero-order chi connectivity index (χ0) is 15.2. The first-order valence-electron chi connectivity index (χ1n) is 7.32. The maximum Gasteiger partial charge on any atom is 0.326 e. The van der Waals surface area contributed by atoms with Gasteiger partial charge >= 0.3 is 5.97 Å². The molecule has 0 radical (unpaired) electrons. The summed E-state index contributed by atoms with van der Waals surface area (Å²) in [7, 11) is 1.88. The Morgan fingerprint density at radius 2 is 2.00 bits per heavy atom. The molecule has 0 aliphatic carbocycles. The van der Waals surface area contributed by atoms with Crippen LogP contribution in [0.1, 0.15) is 24.8 Å². The third-order valence-corrected chi connectivity index (χ3v) is 3.81. The Kier molecular flexibility index (Phi) is 5.33. The van der Waals surface area contributed by atoms with Crippen molar-refractivity contribution < 1.29 is 14.7 Å². The molecule has 114 valence electrons. The van der Waals surface area contributed by atoms with Gasteiger partial charge in [-0.15, -0.1) is 0 Å². The molecule has 5 nitrogen and oxygen atoms in total. The van der Waals surface area contributed by atoms with Gasteiger partial charge in [0.05, 0.1) is 6.54 Å². The van der Waals surface area contributed by atoms with Crippen LogP contribution in [0, 0.1) is 0 Å². The molecule has 0 saturated carbocycles. The molecule has 1 unspecified atom stereocenters. The standard InChI is InChI=1S/C16H22N2O3/c1-17(11-13-7-3-2-4-8-13)12-15(19)18-10-6-5-9-14(18)16(20)21/h2-4,7-8,14H,5-6,9-12H2,1H3,(H,20,21). The summed E-state index contributed by atoms with van der Waals surface area (Å²) in [5.41, 5.74) is 1.14. The van der Waals surface area contributed by atoms with Gasteiger partial charge in [-0.1, -0.05) is 30.3 Å². The van der Waals surface area contributed by atoms with E-state index in [4.69, 9.17) is 0 Å². The third kappa shape index (κ3) is 4.29. The van der Waals surface area contributed by atoms with Crippen LogP contribution in [0.4, 0.5) is 0 Å². The van der Waals surface area contributed by atoms with Crippen molar-refractivity contribution in [3.63, 3.8) is 0 Å². The van der Waals surface area contributed by atoms with E-state index in [0.29, 0.717) is 19.5 Å². The average molecular weight is 290 g/mol. The van der Waals surface area contributed by atoms with Crippen LogP contribution in [-0.4, -0.2) is 53.0 Å². The van der Waals surface area contributed by atoms with Crippen molar-refractivity contribution in [1.82, 2.24) is 9.80 Å². The van der Waals surface area contributed by atoms with Crippen LogP contribution < -0.4 is 0 Å². The third-order valence-electron chi connectivity index (χ3n) is 3.81. The molecule has 5 heteroatoms. The number of nitrogens with zero attached hydrogens (tertiary/aromatic N) is 2. The summed E-state index contributed by atoms with van der Waals surface area (Å²) in [6.45, 7) is 1.48. The van der Waals surface area contributed by atoms with E-state index in [0.717, 1.165) is 18.4 Å². The highest BCUT2D eigenvalue weighted by molar-refractivity contribution is 5.85. The Balaban J connectivity index is 1.91. The molecule has 1 aliphatic heterocycles. The fourth-order valence-electron chi connectivity index (χ4n) is 2.76. The summed E-state index contributed by atoms with van der Waals surface area (Å²) >= 11 is 0. The highest BCUT2D eigenvalue weighted by Crippen LogP contribution is 2.17. The lowest BCUT2D eigenvalue weighted by molar-refractivity contribution is -0.152. The molecule has 1 heterocycles. The van der Waals surface area contributed by atoms with Crippen LogP contribution in [0.5, 0.6) is 0 Å². The highest BCUT2D eigenvalue weighted by atomic mass is 16.4. The minimum Gasteiger partial charge on any atom is -0.480 e. The van der Waals surface area contributed by atoms with E-state index in [2.05, 4.69) is 0 Å². The monoisotopic (exact) mass is 290 g/mol. The highest BCUT2D eigenvalue weighted by Gasteiger charge is 2.31. The van der Waals surface area contributed by atoms with E-state index in [1.165, 1.54) is 4.90 Å². The quantitative estimate of drug-likeness (QED) is 0.894. The molecule has 1 aliphatic rings. The number of piperidine rings is 1. The van der Waals surface area contributed by atoms with Crippen LogP contribution >= 0.6 is 0 Å². The number of hydrogen-bond acceptors (Lipinski definition) is 3. The summed E-state index contributed by atoms with van der Waals surface area (Å²) < 4.78 is 0. The van der Waals surface area contributed by atoms with E-state index in [-0.39, 0.29) is 12.5 Å². The average Bonchev–Trinajstić information content (AvgIpc) is 2.48. The topological polar surface area (TPSA) is 60.9 Å². The molecule has 2 rings (SSSR count). The first kappa shape index (κ1) is 15.5. The van der Waals surface area contributed by atoms with Crippen molar-refractivity contribution in [1.29, 1.82) is 0 Å². The molecular formula is C16H22N2O3. The van der Waals surface area contributed by atoms with Gasteiger partial charge in [0.25, 0.3) is 0 Å². The van der Waals surface area contributed by atoms with Crippen molar-refractivity contribution in [2.24, 2.45) is 0 Å². The van der Waals surface area contributed by atoms with Gasteiger partial charge in [0, 0.05) is 13.1 Å². The first-order chi connectivity index (χ1) is 10.1. The first-order valence-corrected chi connectivity index (χ1v) is 7.32. The van der Waals surface area contributed by atoms with Crippen molar-refractivity contribution >= 4 is 11.9 Å². The van der Waals surface area contributed by atoms with Gasteiger partial charge in [-0.3, -0.25) is 9.69 Å². The van der Waals surface area contributed by atoms with Crippen LogP contribution in [-0.2, 0) is 16.1 Å². The largest absolute Gasteiger partial charge is 0.480 e. The van der Waals surface area contributed by atoms with E-state index < -0.39 is 12.0 Å². The molecule has 1 aromatic rings. The molecule has 0 spiro atoms. The van der Waals surface area contributed by atoms with Gasteiger partial charge in [0.2, 0.25) is 5.91 Å². The molecule has 0 bridgehead atoms. The minimum absolute atomic E-state index is 0.0967. The molecular weight excluding hydrogens is 268 g/mol. The van der Waals surface area contributed by atoms with E-state index in [9.17, 15) is 14.7 Å². The zero-order valence-corrected chi connectivity index (χ0v) is 12.4. The van der Waals surface area contributed by atoms with Gasteiger partial charge < -0.3 is 10.0 Å². The summed E-state index contributed by atoms with van der Waals surface area (Å²) in [4.78, 5) is 27.0. The Bertz CT molecular complexity index is 490. The molecule has 1 aromatic carbocycles. The lowest BCUT2D eigenvalue weighted by Gasteiger charge is -2.34. The predicted molar refractivity (Wildman–Crippen MR) is 79.8 cm³/mol. The van der Waals surface area contributed by atoms with Gasteiger partial charge in [0.15, 0.2) is 0 Å². The van der Waals surface area contributed by atoms with Gasteiger partial charge in [-0.2, -0.15) is 0 Å². The minimum atomic E-state index is -0.895. The molecule has 1 saturated heterocycles. The second-order valence-electron chi connectivity index (χ2n) is 5.59. The fraction of sp³-hybridized carbons (Fsp3) is 0.500. The normalized spacial score (nSPS) is 18.8. The number of carbonyl (C=O) groups is 2.